The molecule has 2 amide bonds. The van der Waals surface area contributed by atoms with Crippen LogP contribution in [0.25, 0.3) is 0 Å². The van der Waals surface area contributed by atoms with E-state index in [2.05, 4.69) is 26.4 Å². The number of urea groups is 1. The van der Waals surface area contributed by atoms with Crippen molar-refractivity contribution in [1.29, 1.82) is 0 Å². The highest BCUT2D eigenvalue weighted by molar-refractivity contribution is 9.10. The maximum Gasteiger partial charge on any atom is 0.317 e. The van der Waals surface area contributed by atoms with Gasteiger partial charge in [-0.2, -0.15) is 0 Å². The van der Waals surface area contributed by atoms with Crippen molar-refractivity contribution in [2.24, 2.45) is 0 Å². The van der Waals surface area contributed by atoms with Gasteiger partial charge in [-0.1, -0.05) is 5.16 Å². The van der Waals surface area contributed by atoms with Crippen molar-refractivity contribution in [3.8, 4) is 0 Å². The maximum atomic E-state index is 12.1. The molecule has 0 atom stereocenters. The van der Waals surface area contributed by atoms with Gasteiger partial charge >= 0.3 is 6.03 Å². The summed E-state index contributed by atoms with van der Waals surface area (Å²) < 4.78 is 6.12. The standard InChI is InChI=1S/C13H16BrN3O2S/c1-8-10(9(2)19-16-8)7-17(3)13(18)15-6-12-11(14)4-5-20-12/h4-5H,6-7H2,1-3H3,(H,15,18). The molecule has 5 nitrogen and oxygen atoms in total. The molecule has 0 fully saturated rings. The normalized spacial score (nSPS) is 10.6. The Labute approximate surface area is 130 Å². The highest BCUT2D eigenvalue weighted by Gasteiger charge is 2.15. The van der Waals surface area contributed by atoms with Crippen LogP contribution in [0.15, 0.2) is 20.4 Å². The zero-order valence-electron chi connectivity index (χ0n) is 11.6. The van der Waals surface area contributed by atoms with Gasteiger partial charge in [0.05, 0.1) is 18.8 Å². The minimum Gasteiger partial charge on any atom is -0.361 e. The van der Waals surface area contributed by atoms with E-state index >= 15 is 0 Å². The Hall–Kier alpha value is -1.34. The Morgan fingerprint density at radius 2 is 2.30 bits per heavy atom. The predicted molar refractivity (Wildman–Crippen MR) is 81.7 cm³/mol. The van der Waals surface area contributed by atoms with Gasteiger partial charge in [-0.15, -0.1) is 11.3 Å². The second kappa shape index (κ2) is 6.41. The van der Waals surface area contributed by atoms with Gasteiger partial charge in [0.1, 0.15) is 5.76 Å². The molecule has 0 aliphatic heterocycles. The number of carbonyl (C=O) groups excluding carboxylic acids is 1. The first kappa shape index (κ1) is 15.1. The third-order valence-corrected chi connectivity index (χ3v) is 4.94. The zero-order valence-corrected chi connectivity index (χ0v) is 14.0. The average Bonchev–Trinajstić information content (AvgIpc) is 2.96. The van der Waals surface area contributed by atoms with E-state index in [4.69, 9.17) is 4.52 Å². The summed E-state index contributed by atoms with van der Waals surface area (Å²) in [4.78, 5) is 14.8. The molecule has 2 aromatic rings. The van der Waals surface area contributed by atoms with Gasteiger partial charge in [0.25, 0.3) is 0 Å². The molecular formula is C13H16BrN3O2S. The van der Waals surface area contributed by atoms with Gasteiger partial charge < -0.3 is 14.7 Å². The van der Waals surface area contributed by atoms with Crippen molar-refractivity contribution in [2.75, 3.05) is 7.05 Å². The van der Waals surface area contributed by atoms with E-state index in [1.165, 1.54) is 0 Å². The van der Waals surface area contributed by atoms with Crippen molar-refractivity contribution in [2.45, 2.75) is 26.9 Å². The highest BCUT2D eigenvalue weighted by atomic mass is 79.9. The summed E-state index contributed by atoms with van der Waals surface area (Å²) in [6, 6.07) is 1.85. The Bertz CT molecular complexity index is 589. The lowest BCUT2D eigenvalue weighted by molar-refractivity contribution is 0.206. The van der Waals surface area contributed by atoms with E-state index < -0.39 is 0 Å². The van der Waals surface area contributed by atoms with E-state index in [-0.39, 0.29) is 6.03 Å². The second-order valence-corrected chi connectivity index (χ2v) is 6.36. The summed E-state index contributed by atoms with van der Waals surface area (Å²) >= 11 is 5.05. The third-order valence-electron chi connectivity index (χ3n) is 3.01. The first-order valence-corrected chi connectivity index (χ1v) is 7.79. The number of aromatic nitrogens is 1. The Morgan fingerprint density at radius 1 is 1.55 bits per heavy atom. The Balaban J connectivity index is 1.91. The first-order chi connectivity index (χ1) is 9.49. The fourth-order valence-electron chi connectivity index (χ4n) is 1.78. The quantitative estimate of drug-likeness (QED) is 0.911. The van der Waals surface area contributed by atoms with Crippen LogP contribution in [-0.2, 0) is 13.1 Å². The number of hydrogen-bond donors (Lipinski definition) is 1. The van der Waals surface area contributed by atoms with Gasteiger partial charge in [-0.05, 0) is 41.2 Å². The molecule has 0 spiro atoms. The lowest BCUT2D eigenvalue weighted by Gasteiger charge is -2.17. The number of nitrogens with zero attached hydrogens (tertiary/aromatic N) is 2. The van der Waals surface area contributed by atoms with Crippen LogP contribution in [0, 0.1) is 13.8 Å². The number of aryl methyl sites for hydroxylation is 2. The molecule has 7 heteroatoms. The largest absolute Gasteiger partial charge is 0.361 e. The summed E-state index contributed by atoms with van der Waals surface area (Å²) in [6.07, 6.45) is 0. The smallest absolute Gasteiger partial charge is 0.317 e. The number of carbonyl (C=O) groups is 1. The molecule has 0 radical (unpaired) electrons. The highest BCUT2D eigenvalue weighted by Crippen LogP contribution is 2.22. The topological polar surface area (TPSA) is 58.4 Å². The van der Waals surface area contributed by atoms with Crippen LogP contribution in [0.2, 0.25) is 0 Å². The number of nitrogens with one attached hydrogen (secondary N) is 1. The maximum absolute atomic E-state index is 12.1. The van der Waals surface area contributed by atoms with Crippen molar-refractivity contribution in [1.82, 2.24) is 15.4 Å². The van der Waals surface area contributed by atoms with Crippen molar-refractivity contribution in [3.63, 3.8) is 0 Å². The zero-order chi connectivity index (χ0) is 14.7. The van der Waals surface area contributed by atoms with Crippen LogP contribution < -0.4 is 5.32 Å². The van der Waals surface area contributed by atoms with Gasteiger partial charge in [-0.25, -0.2) is 4.79 Å². The van der Waals surface area contributed by atoms with Crippen LogP contribution >= 0.6 is 27.3 Å². The molecule has 0 aromatic carbocycles. The lowest BCUT2D eigenvalue weighted by Crippen LogP contribution is -2.36. The SMILES string of the molecule is Cc1noc(C)c1CN(C)C(=O)NCc1sccc1Br. The van der Waals surface area contributed by atoms with Crippen LogP contribution in [0.4, 0.5) is 4.79 Å². The summed E-state index contributed by atoms with van der Waals surface area (Å²) in [5, 5.41) is 8.77. The number of halogens is 1. The lowest BCUT2D eigenvalue weighted by atomic mass is 10.2. The number of thiophene rings is 1. The van der Waals surface area contributed by atoms with Gasteiger partial charge in [0.15, 0.2) is 0 Å². The van der Waals surface area contributed by atoms with E-state index in [1.807, 2.05) is 25.3 Å². The van der Waals surface area contributed by atoms with E-state index in [9.17, 15) is 4.79 Å². The second-order valence-electron chi connectivity index (χ2n) is 4.51. The van der Waals surface area contributed by atoms with Gasteiger partial charge in [0.2, 0.25) is 0 Å². The van der Waals surface area contributed by atoms with Crippen LogP contribution in [0.5, 0.6) is 0 Å². The van der Waals surface area contributed by atoms with Crippen molar-refractivity contribution >= 4 is 33.3 Å². The molecule has 0 aliphatic rings. The Morgan fingerprint density at radius 3 is 2.85 bits per heavy atom. The van der Waals surface area contributed by atoms with E-state index in [0.717, 1.165) is 26.4 Å². The van der Waals surface area contributed by atoms with Crippen LogP contribution in [-0.4, -0.2) is 23.1 Å². The van der Waals surface area contributed by atoms with E-state index in [0.29, 0.717) is 13.1 Å². The fraction of sp³-hybridized carbons (Fsp3) is 0.385. The summed E-state index contributed by atoms with van der Waals surface area (Å²) in [5.74, 6) is 0.753. The van der Waals surface area contributed by atoms with Crippen LogP contribution in [0.1, 0.15) is 21.9 Å². The van der Waals surface area contributed by atoms with Crippen molar-refractivity contribution < 1.29 is 9.32 Å². The molecule has 2 rings (SSSR count). The predicted octanol–water partition coefficient (Wildman–Crippen LogP) is 3.46. The number of hydrogen-bond acceptors (Lipinski definition) is 4. The third kappa shape index (κ3) is 3.40. The molecule has 0 saturated heterocycles. The van der Waals surface area contributed by atoms with Gasteiger partial charge in [-0.3, -0.25) is 0 Å². The minimum atomic E-state index is -0.120. The Kier molecular flexibility index (Phi) is 4.82. The fourth-order valence-corrected chi connectivity index (χ4v) is 3.21. The molecule has 1 N–H and O–H groups in total. The summed E-state index contributed by atoms with van der Waals surface area (Å²) in [6.45, 7) is 4.73. The minimum absolute atomic E-state index is 0.120. The first-order valence-electron chi connectivity index (χ1n) is 6.11. The molecule has 108 valence electrons. The number of rotatable bonds is 4. The molecule has 20 heavy (non-hydrogen) atoms. The van der Waals surface area contributed by atoms with E-state index in [1.54, 1.807) is 23.3 Å². The molecule has 0 aliphatic carbocycles. The monoisotopic (exact) mass is 357 g/mol. The number of amides is 2. The molecule has 2 aromatic heterocycles. The van der Waals surface area contributed by atoms with Crippen LogP contribution in [0.3, 0.4) is 0 Å². The molecular weight excluding hydrogens is 342 g/mol. The molecule has 0 unspecified atom stereocenters. The molecule has 0 bridgehead atoms. The summed E-state index contributed by atoms with van der Waals surface area (Å²) in [7, 11) is 1.75. The average molecular weight is 358 g/mol. The summed E-state index contributed by atoms with van der Waals surface area (Å²) in [5.41, 5.74) is 1.78. The van der Waals surface area contributed by atoms with Gasteiger partial charge in [0, 0.05) is 22.0 Å². The molecule has 0 saturated carbocycles. The molecule has 2 heterocycles. The van der Waals surface area contributed by atoms with Crippen molar-refractivity contribution in [3.05, 3.63) is 37.8 Å².